The summed E-state index contributed by atoms with van der Waals surface area (Å²) in [6.07, 6.45) is -3.69. The van der Waals surface area contributed by atoms with E-state index in [0.717, 1.165) is 11.1 Å². The molecule has 0 saturated carbocycles. The molecular weight excluding hydrogens is 321 g/mol. The van der Waals surface area contributed by atoms with Crippen molar-refractivity contribution in [1.82, 2.24) is 10.2 Å². The molecule has 0 unspecified atom stereocenters. The molecule has 4 nitrogen and oxygen atoms in total. The van der Waals surface area contributed by atoms with Crippen molar-refractivity contribution in [2.75, 3.05) is 19.6 Å². The molecule has 24 heavy (non-hydrogen) atoms. The number of benzene rings is 1. The zero-order valence-electron chi connectivity index (χ0n) is 13.7. The average molecular weight is 342 g/mol. The number of aryl methyl sites for hydroxylation is 2. The van der Waals surface area contributed by atoms with Crippen molar-refractivity contribution in [3.8, 4) is 0 Å². The molecule has 0 radical (unpaired) electrons. The highest BCUT2D eigenvalue weighted by molar-refractivity contribution is 5.94. The molecule has 0 aliphatic carbocycles. The van der Waals surface area contributed by atoms with E-state index in [1.54, 1.807) is 11.0 Å². The van der Waals surface area contributed by atoms with Gasteiger partial charge in [-0.25, -0.2) is 0 Å². The summed E-state index contributed by atoms with van der Waals surface area (Å²) in [5, 5.41) is 1.91. The molecule has 0 atom stereocenters. The average Bonchev–Trinajstić information content (AvgIpc) is 2.54. The maximum atomic E-state index is 12.5. The Hall–Kier alpha value is -2.05. The first-order valence-corrected chi connectivity index (χ1v) is 7.90. The molecule has 1 heterocycles. The predicted octanol–water partition coefficient (Wildman–Crippen LogP) is 2.83. The number of rotatable bonds is 3. The lowest BCUT2D eigenvalue weighted by Gasteiger charge is -2.32. The van der Waals surface area contributed by atoms with Crippen LogP contribution in [0.5, 0.6) is 0 Å². The second kappa shape index (κ2) is 7.23. The van der Waals surface area contributed by atoms with E-state index in [1.807, 2.05) is 31.3 Å². The van der Waals surface area contributed by atoms with Crippen molar-refractivity contribution in [2.45, 2.75) is 32.9 Å². The highest BCUT2D eigenvalue weighted by Gasteiger charge is 2.38. The third-order valence-corrected chi connectivity index (χ3v) is 4.46. The van der Waals surface area contributed by atoms with Crippen LogP contribution in [0.15, 0.2) is 18.2 Å². The lowest BCUT2D eigenvalue weighted by atomic mass is 9.96. The van der Waals surface area contributed by atoms with Gasteiger partial charge in [0.1, 0.15) is 0 Å². The Balaban J connectivity index is 1.85. The summed E-state index contributed by atoms with van der Waals surface area (Å²) in [7, 11) is 0. The summed E-state index contributed by atoms with van der Waals surface area (Å²) >= 11 is 0. The van der Waals surface area contributed by atoms with Gasteiger partial charge in [-0.05, 0) is 55.9 Å². The molecule has 1 fully saturated rings. The molecule has 7 heteroatoms. The van der Waals surface area contributed by atoms with E-state index in [0.29, 0.717) is 31.5 Å². The number of nitrogens with zero attached hydrogens (tertiary/aromatic N) is 1. The van der Waals surface area contributed by atoms with Crippen LogP contribution in [0.3, 0.4) is 0 Å². The van der Waals surface area contributed by atoms with E-state index in [1.165, 1.54) is 0 Å². The largest absolute Gasteiger partial charge is 0.471 e. The number of carbonyl (C=O) groups excluding carboxylic acids is 2. The molecule has 2 amide bonds. The summed E-state index contributed by atoms with van der Waals surface area (Å²) in [4.78, 5) is 25.0. The number of hydrogen-bond donors (Lipinski definition) is 1. The predicted molar refractivity (Wildman–Crippen MR) is 83.6 cm³/mol. The molecule has 1 aromatic carbocycles. The number of likely N-dealkylation sites (tertiary alicyclic amines) is 1. The second-order valence-electron chi connectivity index (χ2n) is 6.24. The van der Waals surface area contributed by atoms with E-state index in [-0.39, 0.29) is 18.4 Å². The molecule has 1 aromatic rings. The molecular formula is C17H21F3N2O2. The Morgan fingerprint density at radius 3 is 2.33 bits per heavy atom. The molecule has 0 aromatic heterocycles. The van der Waals surface area contributed by atoms with Crippen LogP contribution in [0.1, 0.15) is 34.3 Å². The Morgan fingerprint density at radius 2 is 1.79 bits per heavy atom. The zero-order chi connectivity index (χ0) is 17.9. The smallest absolute Gasteiger partial charge is 0.348 e. The summed E-state index contributed by atoms with van der Waals surface area (Å²) in [6.45, 7) is 4.88. The van der Waals surface area contributed by atoms with Gasteiger partial charge in [0.25, 0.3) is 5.91 Å². The van der Waals surface area contributed by atoms with Crippen molar-refractivity contribution in [2.24, 2.45) is 5.92 Å². The third-order valence-electron chi connectivity index (χ3n) is 4.46. The van der Waals surface area contributed by atoms with Gasteiger partial charge in [0.2, 0.25) is 0 Å². The Bertz CT molecular complexity index is 621. The second-order valence-corrected chi connectivity index (χ2v) is 6.24. The van der Waals surface area contributed by atoms with Gasteiger partial charge in [-0.3, -0.25) is 9.59 Å². The normalized spacial score (nSPS) is 16.1. The van der Waals surface area contributed by atoms with Crippen molar-refractivity contribution < 1.29 is 22.8 Å². The number of halogens is 3. The fourth-order valence-corrected chi connectivity index (χ4v) is 2.73. The number of hydrogen-bond acceptors (Lipinski definition) is 2. The van der Waals surface area contributed by atoms with Crippen molar-refractivity contribution in [1.29, 1.82) is 0 Å². The molecule has 1 aliphatic heterocycles. The van der Waals surface area contributed by atoms with E-state index in [4.69, 9.17) is 0 Å². The van der Waals surface area contributed by atoms with Crippen LogP contribution in [0.25, 0.3) is 0 Å². The molecule has 1 N–H and O–H groups in total. The molecule has 0 spiro atoms. The number of piperidine rings is 1. The maximum Gasteiger partial charge on any atom is 0.471 e. The van der Waals surface area contributed by atoms with Crippen LogP contribution in [0.2, 0.25) is 0 Å². The van der Waals surface area contributed by atoms with Gasteiger partial charge in [-0.2, -0.15) is 13.2 Å². The highest BCUT2D eigenvalue weighted by atomic mass is 19.4. The molecule has 1 saturated heterocycles. The fourth-order valence-electron chi connectivity index (χ4n) is 2.73. The number of carbonyl (C=O) groups is 2. The quantitative estimate of drug-likeness (QED) is 0.918. The van der Waals surface area contributed by atoms with Crippen molar-refractivity contribution >= 4 is 11.8 Å². The van der Waals surface area contributed by atoms with Crippen LogP contribution < -0.4 is 5.32 Å². The fraction of sp³-hybridized carbons (Fsp3) is 0.529. The molecule has 2 rings (SSSR count). The molecule has 0 bridgehead atoms. The van der Waals surface area contributed by atoms with Crippen LogP contribution in [-0.4, -0.2) is 42.5 Å². The first kappa shape index (κ1) is 18.3. The summed E-state index contributed by atoms with van der Waals surface area (Å²) < 4.78 is 36.5. The van der Waals surface area contributed by atoms with Gasteiger partial charge in [-0.1, -0.05) is 6.07 Å². The monoisotopic (exact) mass is 342 g/mol. The van der Waals surface area contributed by atoms with Gasteiger partial charge >= 0.3 is 12.1 Å². The van der Waals surface area contributed by atoms with E-state index < -0.39 is 12.1 Å². The number of amides is 2. The Kier molecular flexibility index (Phi) is 5.51. The minimum absolute atomic E-state index is 0.00991. The van der Waals surface area contributed by atoms with E-state index in [9.17, 15) is 22.8 Å². The van der Waals surface area contributed by atoms with Crippen molar-refractivity contribution in [3.63, 3.8) is 0 Å². The lowest BCUT2D eigenvalue weighted by Crippen LogP contribution is -2.44. The molecule has 1 aliphatic rings. The number of alkyl halides is 3. The third kappa shape index (κ3) is 4.49. The SMILES string of the molecule is Cc1ccc(C(=O)N2CCC(CNC(=O)C(F)(F)F)CC2)cc1C. The zero-order valence-corrected chi connectivity index (χ0v) is 13.7. The lowest BCUT2D eigenvalue weighted by molar-refractivity contribution is -0.173. The van der Waals surface area contributed by atoms with E-state index >= 15 is 0 Å². The van der Waals surface area contributed by atoms with Gasteiger partial charge in [0.15, 0.2) is 0 Å². The van der Waals surface area contributed by atoms with Crippen LogP contribution in [0.4, 0.5) is 13.2 Å². The summed E-state index contributed by atoms with van der Waals surface area (Å²) in [5.74, 6) is -2.01. The van der Waals surface area contributed by atoms with Crippen LogP contribution in [0, 0.1) is 19.8 Å². The topological polar surface area (TPSA) is 49.4 Å². The van der Waals surface area contributed by atoms with Gasteiger partial charge < -0.3 is 10.2 Å². The minimum Gasteiger partial charge on any atom is -0.348 e. The van der Waals surface area contributed by atoms with Crippen LogP contribution >= 0.6 is 0 Å². The Labute approximate surface area is 139 Å². The maximum absolute atomic E-state index is 12.5. The highest BCUT2D eigenvalue weighted by Crippen LogP contribution is 2.20. The van der Waals surface area contributed by atoms with Gasteiger partial charge in [0, 0.05) is 25.2 Å². The van der Waals surface area contributed by atoms with E-state index in [2.05, 4.69) is 0 Å². The van der Waals surface area contributed by atoms with Gasteiger partial charge in [0.05, 0.1) is 0 Å². The van der Waals surface area contributed by atoms with Crippen LogP contribution in [-0.2, 0) is 4.79 Å². The standard InChI is InChI=1S/C17H21F3N2O2/c1-11-3-4-14(9-12(11)2)15(23)22-7-5-13(6-8-22)10-21-16(24)17(18,19)20/h3-4,9,13H,5-8,10H2,1-2H3,(H,21,24). The number of nitrogens with one attached hydrogen (secondary N) is 1. The Morgan fingerprint density at radius 1 is 1.17 bits per heavy atom. The minimum atomic E-state index is -4.85. The molecule has 132 valence electrons. The van der Waals surface area contributed by atoms with Crippen molar-refractivity contribution in [3.05, 3.63) is 34.9 Å². The summed E-state index contributed by atoms with van der Waals surface area (Å²) in [6, 6.07) is 5.55. The summed E-state index contributed by atoms with van der Waals surface area (Å²) in [5.41, 5.74) is 2.79. The van der Waals surface area contributed by atoms with Gasteiger partial charge in [-0.15, -0.1) is 0 Å². The first-order valence-electron chi connectivity index (χ1n) is 7.90. The first-order chi connectivity index (χ1) is 11.2.